The van der Waals surface area contributed by atoms with E-state index in [-0.39, 0.29) is 12.2 Å². The number of hydrogen-bond donors (Lipinski definition) is 0. The highest BCUT2D eigenvalue weighted by Gasteiger charge is 2.15. The first-order valence-electron chi connectivity index (χ1n) is 5.96. The summed E-state index contributed by atoms with van der Waals surface area (Å²) in [5.41, 5.74) is 1.81. The van der Waals surface area contributed by atoms with Gasteiger partial charge in [-0.2, -0.15) is 0 Å². The standard InChI is InChI=1S/C15H9Cl2NO2/c16-9-5-6-10(11(17)7-9)13(19)8-15-18-12-3-1-2-4-14(12)20-15/h1-7H,8H2. The lowest BCUT2D eigenvalue weighted by atomic mass is 10.1. The van der Waals surface area contributed by atoms with Gasteiger partial charge in [0.15, 0.2) is 11.4 Å². The van der Waals surface area contributed by atoms with Crippen molar-refractivity contribution in [3.05, 3.63) is 64.0 Å². The number of carbonyl (C=O) groups is 1. The third-order valence-corrected chi connectivity index (χ3v) is 3.43. The van der Waals surface area contributed by atoms with Gasteiger partial charge in [-0.1, -0.05) is 35.3 Å². The van der Waals surface area contributed by atoms with Crippen molar-refractivity contribution in [1.82, 2.24) is 4.98 Å². The summed E-state index contributed by atoms with van der Waals surface area (Å²) in [6, 6.07) is 12.2. The van der Waals surface area contributed by atoms with Crippen molar-refractivity contribution < 1.29 is 9.21 Å². The van der Waals surface area contributed by atoms with Gasteiger partial charge in [0, 0.05) is 10.6 Å². The molecule has 0 bridgehead atoms. The first-order chi connectivity index (χ1) is 9.63. The first-order valence-corrected chi connectivity index (χ1v) is 6.72. The normalized spacial score (nSPS) is 10.9. The summed E-state index contributed by atoms with van der Waals surface area (Å²) in [5, 5.41) is 0.826. The molecule has 1 heterocycles. The number of fused-ring (bicyclic) bond motifs is 1. The van der Waals surface area contributed by atoms with Crippen LogP contribution in [0.5, 0.6) is 0 Å². The Kier molecular flexibility index (Phi) is 3.47. The van der Waals surface area contributed by atoms with Gasteiger partial charge in [0.2, 0.25) is 5.89 Å². The van der Waals surface area contributed by atoms with Crippen LogP contribution in [-0.4, -0.2) is 10.8 Å². The molecule has 1 aromatic heterocycles. The molecule has 0 aliphatic rings. The molecule has 0 fully saturated rings. The average Bonchev–Trinajstić information content (AvgIpc) is 2.80. The molecule has 0 aliphatic heterocycles. The maximum absolute atomic E-state index is 12.2. The number of nitrogens with zero attached hydrogens (tertiary/aromatic N) is 1. The van der Waals surface area contributed by atoms with Crippen LogP contribution in [0.2, 0.25) is 10.0 Å². The molecular formula is C15H9Cl2NO2. The minimum absolute atomic E-state index is 0.0655. The topological polar surface area (TPSA) is 43.1 Å². The number of halogens is 2. The molecular weight excluding hydrogens is 297 g/mol. The van der Waals surface area contributed by atoms with Crippen LogP contribution in [0.25, 0.3) is 11.1 Å². The fraction of sp³-hybridized carbons (Fsp3) is 0.0667. The van der Waals surface area contributed by atoms with E-state index in [0.29, 0.717) is 27.1 Å². The summed E-state index contributed by atoms with van der Waals surface area (Å²) in [7, 11) is 0. The molecule has 2 aromatic carbocycles. The molecule has 3 rings (SSSR count). The lowest BCUT2D eigenvalue weighted by molar-refractivity contribution is 0.0986. The number of oxazole rings is 1. The van der Waals surface area contributed by atoms with Gasteiger partial charge >= 0.3 is 0 Å². The van der Waals surface area contributed by atoms with Crippen LogP contribution < -0.4 is 0 Å². The van der Waals surface area contributed by atoms with E-state index in [1.165, 1.54) is 0 Å². The molecule has 5 heteroatoms. The number of hydrogen-bond acceptors (Lipinski definition) is 3. The zero-order valence-electron chi connectivity index (χ0n) is 10.3. The lowest BCUT2D eigenvalue weighted by Crippen LogP contribution is -2.04. The summed E-state index contributed by atoms with van der Waals surface area (Å²) in [5.74, 6) is 0.223. The third kappa shape index (κ3) is 2.55. The molecule has 0 unspecified atom stereocenters. The maximum Gasteiger partial charge on any atom is 0.203 e. The van der Waals surface area contributed by atoms with E-state index < -0.39 is 0 Å². The van der Waals surface area contributed by atoms with Crippen LogP contribution in [0, 0.1) is 0 Å². The van der Waals surface area contributed by atoms with E-state index in [9.17, 15) is 4.79 Å². The third-order valence-electron chi connectivity index (χ3n) is 2.88. The molecule has 0 saturated heterocycles. The van der Waals surface area contributed by atoms with Gasteiger partial charge in [0.05, 0.1) is 11.4 Å². The Morgan fingerprint density at radius 1 is 1.15 bits per heavy atom. The van der Waals surface area contributed by atoms with E-state index in [1.807, 2.05) is 24.3 Å². The molecule has 3 aromatic rings. The highest BCUT2D eigenvalue weighted by Crippen LogP contribution is 2.23. The second-order valence-corrected chi connectivity index (χ2v) is 5.14. The quantitative estimate of drug-likeness (QED) is 0.666. The largest absolute Gasteiger partial charge is 0.440 e. The molecule has 0 N–H and O–H groups in total. The van der Waals surface area contributed by atoms with Crippen molar-refractivity contribution in [2.24, 2.45) is 0 Å². The van der Waals surface area contributed by atoms with E-state index in [0.717, 1.165) is 5.52 Å². The fourth-order valence-electron chi connectivity index (χ4n) is 1.94. The minimum Gasteiger partial charge on any atom is -0.440 e. The number of ketones is 1. The highest BCUT2D eigenvalue weighted by molar-refractivity contribution is 6.36. The summed E-state index contributed by atoms with van der Waals surface area (Å²) in [4.78, 5) is 16.5. The van der Waals surface area contributed by atoms with Crippen molar-refractivity contribution >= 4 is 40.1 Å². The zero-order valence-corrected chi connectivity index (χ0v) is 11.8. The molecule has 100 valence electrons. The predicted octanol–water partition coefficient (Wildman–Crippen LogP) is 4.56. The van der Waals surface area contributed by atoms with Gasteiger partial charge in [-0.15, -0.1) is 0 Å². The zero-order chi connectivity index (χ0) is 14.1. The lowest BCUT2D eigenvalue weighted by Gasteiger charge is -2.01. The van der Waals surface area contributed by atoms with Crippen LogP contribution in [0.1, 0.15) is 16.2 Å². The molecule has 0 aliphatic carbocycles. The number of Topliss-reactive ketones (excluding diaryl/α,β-unsaturated/α-hetero) is 1. The Morgan fingerprint density at radius 3 is 2.70 bits per heavy atom. The number of aromatic nitrogens is 1. The Morgan fingerprint density at radius 2 is 1.95 bits per heavy atom. The second kappa shape index (κ2) is 5.27. The monoisotopic (exact) mass is 305 g/mol. The fourth-order valence-corrected chi connectivity index (χ4v) is 2.46. The Labute approximate surface area is 125 Å². The highest BCUT2D eigenvalue weighted by atomic mass is 35.5. The van der Waals surface area contributed by atoms with Crippen LogP contribution >= 0.6 is 23.2 Å². The van der Waals surface area contributed by atoms with Gasteiger partial charge in [0.1, 0.15) is 5.52 Å². The van der Waals surface area contributed by atoms with E-state index in [4.69, 9.17) is 27.6 Å². The number of para-hydroxylation sites is 2. The molecule has 0 radical (unpaired) electrons. The summed E-state index contributed by atoms with van der Waals surface area (Å²) in [6.45, 7) is 0. The van der Waals surface area contributed by atoms with Crippen molar-refractivity contribution in [3.8, 4) is 0 Å². The number of rotatable bonds is 3. The van der Waals surface area contributed by atoms with Crippen LogP contribution in [0.4, 0.5) is 0 Å². The summed E-state index contributed by atoms with van der Waals surface area (Å²) < 4.78 is 5.52. The smallest absolute Gasteiger partial charge is 0.203 e. The maximum atomic E-state index is 12.2. The number of benzene rings is 2. The van der Waals surface area contributed by atoms with Crippen molar-refractivity contribution in [3.63, 3.8) is 0 Å². The Balaban J connectivity index is 1.88. The van der Waals surface area contributed by atoms with Crippen molar-refractivity contribution in [1.29, 1.82) is 0 Å². The molecule has 0 saturated carbocycles. The Bertz CT molecular complexity index is 762. The van der Waals surface area contributed by atoms with Gasteiger partial charge in [0.25, 0.3) is 0 Å². The second-order valence-electron chi connectivity index (χ2n) is 4.30. The van der Waals surface area contributed by atoms with Gasteiger partial charge in [-0.3, -0.25) is 4.79 Å². The molecule has 3 nitrogen and oxygen atoms in total. The summed E-state index contributed by atoms with van der Waals surface area (Å²) in [6.07, 6.45) is 0.0655. The van der Waals surface area contributed by atoms with E-state index in [1.54, 1.807) is 18.2 Å². The predicted molar refractivity (Wildman–Crippen MR) is 78.5 cm³/mol. The van der Waals surface area contributed by atoms with Crippen molar-refractivity contribution in [2.45, 2.75) is 6.42 Å². The van der Waals surface area contributed by atoms with Gasteiger partial charge in [-0.05, 0) is 30.3 Å². The van der Waals surface area contributed by atoms with Crippen LogP contribution in [0.15, 0.2) is 46.9 Å². The molecule has 0 spiro atoms. The Hall–Kier alpha value is -1.84. The van der Waals surface area contributed by atoms with E-state index >= 15 is 0 Å². The molecule has 20 heavy (non-hydrogen) atoms. The van der Waals surface area contributed by atoms with E-state index in [2.05, 4.69) is 4.98 Å². The van der Waals surface area contributed by atoms with Gasteiger partial charge < -0.3 is 4.42 Å². The number of carbonyl (C=O) groups excluding carboxylic acids is 1. The molecule has 0 amide bonds. The van der Waals surface area contributed by atoms with Crippen molar-refractivity contribution in [2.75, 3.05) is 0 Å². The SMILES string of the molecule is O=C(Cc1nc2ccccc2o1)c1ccc(Cl)cc1Cl. The van der Waals surface area contributed by atoms with Crippen LogP contribution in [-0.2, 0) is 6.42 Å². The average molecular weight is 306 g/mol. The first kappa shape index (κ1) is 13.2. The van der Waals surface area contributed by atoms with Gasteiger partial charge in [-0.25, -0.2) is 4.98 Å². The molecule has 0 atom stereocenters. The summed E-state index contributed by atoms with van der Waals surface area (Å²) >= 11 is 11.8. The van der Waals surface area contributed by atoms with Crippen LogP contribution in [0.3, 0.4) is 0 Å². The minimum atomic E-state index is -0.154.